The van der Waals surface area contributed by atoms with E-state index in [0.717, 1.165) is 11.1 Å². The number of ether oxygens (including phenoxy) is 1. The molecule has 0 atom stereocenters. The van der Waals surface area contributed by atoms with Crippen molar-refractivity contribution >= 4 is 17.8 Å². The lowest BCUT2D eigenvalue weighted by molar-refractivity contribution is -0.384. The Morgan fingerprint density at radius 2 is 1.88 bits per heavy atom. The molecule has 2 N–H and O–H groups in total. The van der Waals surface area contributed by atoms with Crippen molar-refractivity contribution in [1.29, 1.82) is 0 Å². The zero-order chi connectivity index (χ0) is 17.4. The average Bonchev–Trinajstić information content (AvgIpc) is 2.61. The SMILES string of the molecule is O=C(CO)N/N=C/c1ccc(OCc2ccc([N+](=O)[O-])cc2)cc1. The first-order valence-electron chi connectivity index (χ1n) is 6.97. The molecule has 0 heterocycles. The minimum Gasteiger partial charge on any atom is -0.489 e. The fourth-order valence-electron chi connectivity index (χ4n) is 1.74. The second-order valence-electron chi connectivity index (χ2n) is 4.73. The number of non-ortho nitro benzene ring substituents is 1. The van der Waals surface area contributed by atoms with Gasteiger partial charge < -0.3 is 9.84 Å². The van der Waals surface area contributed by atoms with E-state index in [2.05, 4.69) is 10.5 Å². The van der Waals surface area contributed by atoms with Gasteiger partial charge in [0.15, 0.2) is 0 Å². The van der Waals surface area contributed by atoms with Crippen LogP contribution in [0.3, 0.4) is 0 Å². The number of aliphatic hydroxyl groups excluding tert-OH is 1. The van der Waals surface area contributed by atoms with Crippen LogP contribution >= 0.6 is 0 Å². The number of nitro groups is 1. The van der Waals surface area contributed by atoms with Gasteiger partial charge in [-0.2, -0.15) is 5.10 Å². The van der Waals surface area contributed by atoms with Crippen molar-refractivity contribution in [2.24, 2.45) is 5.10 Å². The van der Waals surface area contributed by atoms with Crippen molar-refractivity contribution in [2.45, 2.75) is 6.61 Å². The standard InChI is InChI=1S/C16H15N3O5/c20-10-16(21)18-17-9-12-3-7-15(8-4-12)24-11-13-1-5-14(6-2-13)19(22)23/h1-9,20H,10-11H2,(H,18,21)/b17-9+. The van der Waals surface area contributed by atoms with Crippen molar-refractivity contribution in [1.82, 2.24) is 5.43 Å². The average molecular weight is 329 g/mol. The Morgan fingerprint density at radius 3 is 2.46 bits per heavy atom. The third-order valence-corrected chi connectivity index (χ3v) is 2.98. The molecule has 0 aliphatic heterocycles. The van der Waals surface area contributed by atoms with E-state index < -0.39 is 17.4 Å². The highest BCUT2D eigenvalue weighted by Crippen LogP contribution is 2.16. The first-order chi connectivity index (χ1) is 11.6. The number of hydrogen-bond donors (Lipinski definition) is 2. The summed E-state index contributed by atoms with van der Waals surface area (Å²) in [6.45, 7) is -0.329. The van der Waals surface area contributed by atoms with Crippen molar-refractivity contribution in [3.63, 3.8) is 0 Å². The zero-order valence-electron chi connectivity index (χ0n) is 12.6. The van der Waals surface area contributed by atoms with E-state index in [9.17, 15) is 14.9 Å². The summed E-state index contributed by atoms with van der Waals surface area (Å²) in [5.74, 6) is 0.0409. The molecule has 0 radical (unpaired) electrons. The number of hydrazone groups is 1. The number of nitrogens with one attached hydrogen (secondary N) is 1. The molecule has 8 nitrogen and oxygen atoms in total. The Balaban J connectivity index is 1.87. The fourth-order valence-corrected chi connectivity index (χ4v) is 1.74. The monoisotopic (exact) mass is 329 g/mol. The molecule has 124 valence electrons. The summed E-state index contributed by atoms with van der Waals surface area (Å²) in [6.07, 6.45) is 1.44. The van der Waals surface area contributed by atoms with Gasteiger partial charge in [0.2, 0.25) is 0 Å². The van der Waals surface area contributed by atoms with Crippen LogP contribution in [0.25, 0.3) is 0 Å². The summed E-state index contributed by atoms with van der Waals surface area (Å²) in [4.78, 5) is 20.9. The van der Waals surface area contributed by atoms with E-state index >= 15 is 0 Å². The second kappa shape index (κ2) is 8.39. The maximum Gasteiger partial charge on any atom is 0.269 e. The van der Waals surface area contributed by atoms with Gasteiger partial charge in [0.1, 0.15) is 19.0 Å². The van der Waals surface area contributed by atoms with Gasteiger partial charge in [0, 0.05) is 12.1 Å². The van der Waals surface area contributed by atoms with Crippen LogP contribution in [0.5, 0.6) is 5.75 Å². The molecule has 8 heteroatoms. The lowest BCUT2D eigenvalue weighted by Gasteiger charge is -2.06. The third kappa shape index (κ3) is 5.18. The van der Waals surface area contributed by atoms with Crippen molar-refractivity contribution in [3.05, 3.63) is 69.8 Å². The predicted molar refractivity (Wildman–Crippen MR) is 86.7 cm³/mol. The number of rotatable bonds is 7. The molecule has 0 saturated heterocycles. The van der Waals surface area contributed by atoms with Crippen LogP contribution in [0, 0.1) is 10.1 Å². The van der Waals surface area contributed by atoms with Crippen molar-refractivity contribution in [2.75, 3.05) is 6.61 Å². The fraction of sp³-hybridized carbons (Fsp3) is 0.125. The second-order valence-corrected chi connectivity index (χ2v) is 4.73. The largest absolute Gasteiger partial charge is 0.489 e. The van der Waals surface area contributed by atoms with Gasteiger partial charge in [0.05, 0.1) is 11.1 Å². The van der Waals surface area contributed by atoms with E-state index in [0.29, 0.717) is 5.75 Å². The lowest BCUT2D eigenvalue weighted by Crippen LogP contribution is -2.20. The Bertz CT molecular complexity index is 726. The molecule has 0 bridgehead atoms. The Morgan fingerprint density at radius 1 is 1.21 bits per heavy atom. The van der Waals surface area contributed by atoms with Crippen molar-refractivity contribution < 1.29 is 19.6 Å². The Hall–Kier alpha value is -3.26. The maximum atomic E-state index is 10.8. The minimum atomic E-state index is -0.618. The molecule has 24 heavy (non-hydrogen) atoms. The van der Waals surface area contributed by atoms with Gasteiger partial charge in [-0.3, -0.25) is 14.9 Å². The van der Waals surface area contributed by atoms with E-state index in [1.165, 1.54) is 18.3 Å². The lowest BCUT2D eigenvalue weighted by atomic mass is 10.2. The molecule has 2 aromatic carbocycles. The molecular formula is C16H15N3O5. The number of aliphatic hydroxyl groups is 1. The molecular weight excluding hydrogens is 314 g/mol. The summed E-state index contributed by atoms with van der Waals surface area (Å²) in [5, 5.41) is 22.8. The topological polar surface area (TPSA) is 114 Å². The third-order valence-electron chi connectivity index (χ3n) is 2.98. The minimum absolute atomic E-state index is 0.0377. The highest BCUT2D eigenvalue weighted by molar-refractivity contribution is 5.82. The van der Waals surface area contributed by atoms with Crippen LogP contribution in [0.1, 0.15) is 11.1 Å². The summed E-state index contributed by atoms with van der Waals surface area (Å²) in [6, 6.07) is 13.1. The van der Waals surface area contributed by atoms with Gasteiger partial charge in [-0.25, -0.2) is 5.43 Å². The summed E-state index contributed by atoms with van der Waals surface area (Å²) < 4.78 is 5.59. The molecule has 0 spiro atoms. The molecule has 0 aliphatic rings. The van der Waals surface area contributed by atoms with Gasteiger partial charge in [-0.15, -0.1) is 0 Å². The number of nitrogens with zero attached hydrogens (tertiary/aromatic N) is 2. The van der Waals surface area contributed by atoms with Gasteiger partial charge in [-0.1, -0.05) is 0 Å². The number of carbonyl (C=O) groups excluding carboxylic acids is 1. The summed E-state index contributed by atoms with van der Waals surface area (Å²) >= 11 is 0. The number of nitro benzene ring substituents is 1. The number of amides is 1. The van der Waals surface area contributed by atoms with E-state index in [1.807, 2.05) is 0 Å². The van der Waals surface area contributed by atoms with Crippen LogP contribution in [0.15, 0.2) is 53.6 Å². The first kappa shape index (κ1) is 17.1. The smallest absolute Gasteiger partial charge is 0.269 e. The van der Waals surface area contributed by atoms with Crippen LogP contribution in [0.2, 0.25) is 0 Å². The first-order valence-corrected chi connectivity index (χ1v) is 6.97. The van der Waals surface area contributed by atoms with Crippen LogP contribution in [-0.2, 0) is 11.4 Å². The molecule has 0 fully saturated rings. The molecule has 0 unspecified atom stereocenters. The Labute approximate surface area is 137 Å². The molecule has 0 aromatic heterocycles. The van der Waals surface area contributed by atoms with Crippen molar-refractivity contribution in [3.8, 4) is 5.75 Å². The van der Waals surface area contributed by atoms with Crippen LogP contribution in [0.4, 0.5) is 5.69 Å². The number of carbonyl (C=O) groups is 1. The summed E-state index contributed by atoms with van der Waals surface area (Å²) in [7, 11) is 0. The zero-order valence-corrected chi connectivity index (χ0v) is 12.6. The van der Waals surface area contributed by atoms with Crippen LogP contribution in [-0.4, -0.2) is 28.8 Å². The Kier molecular flexibility index (Phi) is 5.98. The van der Waals surface area contributed by atoms with Crippen LogP contribution < -0.4 is 10.2 Å². The maximum absolute atomic E-state index is 10.8. The molecule has 0 aliphatic carbocycles. The molecule has 1 amide bonds. The molecule has 0 saturated carbocycles. The number of hydrogen-bond acceptors (Lipinski definition) is 6. The van der Waals surface area contributed by atoms with E-state index in [1.54, 1.807) is 36.4 Å². The normalized spacial score (nSPS) is 10.5. The van der Waals surface area contributed by atoms with E-state index in [4.69, 9.17) is 9.84 Å². The van der Waals surface area contributed by atoms with Gasteiger partial charge in [0.25, 0.3) is 11.6 Å². The highest BCUT2D eigenvalue weighted by atomic mass is 16.6. The number of benzene rings is 2. The molecule has 2 aromatic rings. The van der Waals surface area contributed by atoms with Gasteiger partial charge >= 0.3 is 0 Å². The summed E-state index contributed by atoms with van der Waals surface area (Å²) in [5.41, 5.74) is 3.76. The quantitative estimate of drug-likeness (QED) is 0.455. The predicted octanol–water partition coefficient (Wildman–Crippen LogP) is 1.62. The highest BCUT2D eigenvalue weighted by Gasteiger charge is 2.04. The molecule has 2 rings (SSSR count). The van der Waals surface area contributed by atoms with Gasteiger partial charge in [-0.05, 0) is 47.5 Å². The van der Waals surface area contributed by atoms with E-state index in [-0.39, 0.29) is 12.3 Å².